The summed E-state index contributed by atoms with van der Waals surface area (Å²) in [5, 5.41) is 3.41. The molecule has 1 aromatic rings. The van der Waals surface area contributed by atoms with E-state index in [0.717, 1.165) is 31.2 Å². The predicted octanol–water partition coefficient (Wildman–Crippen LogP) is 3.30. The number of ether oxygens (including phenoxy) is 1. The Labute approximate surface area is 122 Å². The summed E-state index contributed by atoms with van der Waals surface area (Å²) in [4.78, 5) is 6.87. The summed E-state index contributed by atoms with van der Waals surface area (Å²) >= 11 is 0. The number of aromatic nitrogens is 1. The van der Waals surface area contributed by atoms with Crippen molar-refractivity contribution < 1.29 is 4.74 Å². The summed E-state index contributed by atoms with van der Waals surface area (Å²) < 4.78 is 5.80. The van der Waals surface area contributed by atoms with Gasteiger partial charge in [0.2, 0.25) is 0 Å². The minimum Gasteiger partial charge on any atom is -0.376 e. The standard InChI is InChI=1S/C16H27N3O/c1-16(2,3)18-14-9-7-10-15(17-14)19(4)12-13-8-5-6-11-20-13/h7,9-10,13H,5-6,8,11-12H2,1-4H3,(H,17,18). The molecule has 4 nitrogen and oxygen atoms in total. The molecule has 1 unspecified atom stereocenters. The van der Waals surface area contributed by atoms with E-state index in [-0.39, 0.29) is 5.54 Å². The van der Waals surface area contributed by atoms with Crippen LogP contribution in [0.5, 0.6) is 0 Å². The van der Waals surface area contributed by atoms with Crippen molar-refractivity contribution in [3.8, 4) is 0 Å². The van der Waals surface area contributed by atoms with Crippen LogP contribution in [-0.2, 0) is 4.74 Å². The molecular weight excluding hydrogens is 250 g/mol. The van der Waals surface area contributed by atoms with E-state index in [0.29, 0.717) is 6.10 Å². The van der Waals surface area contributed by atoms with Crippen LogP contribution < -0.4 is 10.2 Å². The number of nitrogens with zero attached hydrogens (tertiary/aromatic N) is 2. The lowest BCUT2D eigenvalue weighted by molar-refractivity contribution is 0.0215. The molecule has 1 aromatic heterocycles. The van der Waals surface area contributed by atoms with Crippen molar-refractivity contribution >= 4 is 11.6 Å². The molecule has 0 spiro atoms. The van der Waals surface area contributed by atoms with Gasteiger partial charge in [-0.2, -0.15) is 0 Å². The smallest absolute Gasteiger partial charge is 0.130 e. The number of hydrogen-bond acceptors (Lipinski definition) is 4. The highest BCUT2D eigenvalue weighted by molar-refractivity contribution is 5.47. The molecule has 1 aliphatic rings. The molecule has 0 aromatic carbocycles. The summed E-state index contributed by atoms with van der Waals surface area (Å²) in [6, 6.07) is 6.12. The van der Waals surface area contributed by atoms with Gasteiger partial charge in [-0.1, -0.05) is 6.07 Å². The molecule has 4 heteroatoms. The van der Waals surface area contributed by atoms with Crippen LogP contribution in [0, 0.1) is 0 Å². The molecule has 2 heterocycles. The van der Waals surface area contributed by atoms with Gasteiger partial charge in [0.05, 0.1) is 6.10 Å². The fourth-order valence-electron chi connectivity index (χ4n) is 2.44. The Morgan fingerprint density at radius 1 is 1.35 bits per heavy atom. The number of likely N-dealkylation sites (N-methyl/N-ethyl adjacent to an activating group) is 1. The highest BCUT2D eigenvalue weighted by atomic mass is 16.5. The Morgan fingerprint density at radius 2 is 2.15 bits per heavy atom. The van der Waals surface area contributed by atoms with Crippen molar-refractivity contribution in [2.75, 3.05) is 30.4 Å². The predicted molar refractivity (Wildman–Crippen MR) is 84.5 cm³/mol. The molecule has 112 valence electrons. The third-order valence-corrected chi connectivity index (χ3v) is 3.38. The van der Waals surface area contributed by atoms with Crippen molar-refractivity contribution in [2.45, 2.75) is 51.7 Å². The maximum Gasteiger partial charge on any atom is 0.130 e. The zero-order valence-corrected chi connectivity index (χ0v) is 13.1. The number of pyridine rings is 1. The topological polar surface area (TPSA) is 37.4 Å². The third-order valence-electron chi connectivity index (χ3n) is 3.38. The van der Waals surface area contributed by atoms with Gasteiger partial charge in [-0.3, -0.25) is 0 Å². The fraction of sp³-hybridized carbons (Fsp3) is 0.688. The molecule has 20 heavy (non-hydrogen) atoms. The van der Waals surface area contributed by atoms with Crippen LogP contribution >= 0.6 is 0 Å². The minimum absolute atomic E-state index is 0.0245. The number of rotatable bonds is 4. The van der Waals surface area contributed by atoms with Gasteiger partial charge in [0.25, 0.3) is 0 Å². The maximum absolute atomic E-state index is 5.80. The van der Waals surface area contributed by atoms with E-state index in [9.17, 15) is 0 Å². The maximum atomic E-state index is 5.80. The largest absolute Gasteiger partial charge is 0.376 e. The molecule has 1 N–H and O–H groups in total. The van der Waals surface area contributed by atoms with Crippen LogP contribution in [0.15, 0.2) is 18.2 Å². The van der Waals surface area contributed by atoms with E-state index >= 15 is 0 Å². The van der Waals surface area contributed by atoms with E-state index in [1.54, 1.807) is 0 Å². The van der Waals surface area contributed by atoms with Crippen molar-refractivity contribution in [3.05, 3.63) is 18.2 Å². The van der Waals surface area contributed by atoms with Gasteiger partial charge in [0, 0.05) is 25.7 Å². The Hall–Kier alpha value is -1.29. The Kier molecular flexibility index (Phi) is 4.86. The molecule has 0 radical (unpaired) electrons. The number of nitrogens with one attached hydrogen (secondary N) is 1. The molecule has 0 aliphatic carbocycles. The van der Waals surface area contributed by atoms with Gasteiger partial charge in [-0.25, -0.2) is 4.98 Å². The Morgan fingerprint density at radius 3 is 2.80 bits per heavy atom. The summed E-state index contributed by atoms with van der Waals surface area (Å²) in [6.07, 6.45) is 3.97. The van der Waals surface area contributed by atoms with Gasteiger partial charge in [-0.15, -0.1) is 0 Å². The molecular formula is C16H27N3O. The van der Waals surface area contributed by atoms with E-state index in [2.05, 4.69) is 55.2 Å². The van der Waals surface area contributed by atoms with Gasteiger partial charge < -0.3 is 15.0 Å². The normalized spacial score (nSPS) is 19.7. The Bertz CT molecular complexity index is 422. The van der Waals surface area contributed by atoms with E-state index in [1.807, 2.05) is 6.07 Å². The van der Waals surface area contributed by atoms with Gasteiger partial charge in [0.1, 0.15) is 11.6 Å². The number of anilines is 2. The van der Waals surface area contributed by atoms with Crippen molar-refractivity contribution in [3.63, 3.8) is 0 Å². The van der Waals surface area contributed by atoms with E-state index < -0.39 is 0 Å². The summed E-state index contributed by atoms with van der Waals surface area (Å²) in [7, 11) is 2.08. The fourth-order valence-corrected chi connectivity index (χ4v) is 2.44. The molecule has 0 saturated carbocycles. The zero-order valence-electron chi connectivity index (χ0n) is 13.1. The first-order valence-electron chi connectivity index (χ1n) is 7.52. The van der Waals surface area contributed by atoms with Crippen molar-refractivity contribution in [2.24, 2.45) is 0 Å². The lowest BCUT2D eigenvalue weighted by Gasteiger charge is -2.28. The molecule has 1 saturated heterocycles. The second-order valence-electron chi connectivity index (χ2n) is 6.63. The molecule has 0 bridgehead atoms. The SMILES string of the molecule is CN(CC1CCCCO1)c1cccc(NC(C)(C)C)n1. The summed E-state index contributed by atoms with van der Waals surface area (Å²) in [6.45, 7) is 8.23. The molecule has 0 amide bonds. The van der Waals surface area contributed by atoms with Crippen molar-refractivity contribution in [1.82, 2.24) is 4.98 Å². The van der Waals surface area contributed by atoms with Crippen LogP contribution in [0.25, 0.3) is 0 Å². The van der Waals surface area contributed by atoms with Gasteiger partial charge >= 0.3 is 0 Å². The van der Waals surface area contributed by atoms with Gasteiger partial charge in [0.15, 0.2) is 0 Å². The average Bonchev–Trinajstić information content (AvgIpc) is 2.38. The minimum atomic E-state index is 0.0245. The molecule has 2 rings (SSSR count). The quantitative estimate of drug-likeness (QED) is 0.916. The monoisotopic (exact) mass is 277 g/mol. The van der Waals surface area contributed by atoms with Crippen LogP contribution in [0.3, 0.4) is 0 Å². The lowest BCUT2D eigenvalue weighted by Crippen LogP contribution is -2.34. The highest BCUT2D eigenvalue weighted by Crippen LogP contribution is 2.19. The average molecular weight is 277 g/mol. The first kappa shape index (κ1) is 15.1. The van der Waals surface area contributed by atoms with Gasteiger partial charge in [-0.05, 0) is 52.2 Å². The van der Waals surface area contributed by atoms with Crippen molar-refractivity contribution in [1.29, 1.82) is 0 Å². The number of hydrogen-bond donors (Lipinski definition) is 1. The molecule has 1 aliphatic heterocycles. The van der Waals surface area contributed by atoms with Crippen LogP contribution in [0.2, 0.25) is 0 Å². The van der Waals surface area contributed by atoms with E-state index in [4.69, 9.17) is 4.74 Å². The second kappa shape index (κ2) is 6.44. The highest BCUT2D eigenvalue weighted by Gasteiger charge is 2.17. The van der Waals surface area contributed by atoms with Crippen LogP contribution in [-0.4, -0.2) is 36.8 Å². The Balaban J connectivity index is 1.98. The first-order chi connectivity index (χ1) is 9.44. The zero-order chi connectivity index (χ0) is 14.6. The molecule has 1 atom stereocenters. The summed E-state index contributed by atoms with van der Waals surface area (Å²) in [5.41, 5.74) is 0.0245. The van der Waals surface area contributed by atoms with Crippen LogP contribution in [0.1, 0.15) is 40.0 Å². The first-order valence-corrected chi connectivity index (χ1v) is 7.52. The third kappa shape index (κ3) is 4.67. The second-order valence-corrected chi connectivity index (χ2v) is 6.63. The summed E-state index contributed by atoms with van der Waals surface area (Å²) in [5.74, 6) is 1.92. The van der Waals surface area contributed by atoms with E-state index in [1.165, 1.54) is 12.8 Å². The molecule has 1 fully saturated rings. The lowest BCUT2D eigenvalue weighted by atomic mass is 10.1. The van der Waals surface area contributed by atoms with Crippen LogP contribution in [0.4, 0.5) is 11.6 Å².